The van der Waals surface area contributed by atoms with Crippen LogP contribution in [0.1, 0.15) is 57.7 Å². The summed E-state index contributed by atoms with van der Waals surface area (Å²) < 4.78 is 2.18. The standard InChI is InChI=1S/C17H29N3/c1-4-13(5-2)20-10-9-12(19-20)11-16(18-3)17-14-7-6-8-15(14)17/h9-10,13-18H,4-8,11H2,1-3H3. The van der Waals surface area contributed by atoms with Gasteiger partial charge >= 0.3 is 0 Å². The molecule has 3 nitrogen and oxygen atoms in total. The molecule has 1 heterocycles. The highest BCUT2D eigenvalue weighted by molar-refractivity contribution is 5.11. The van der Waals surface area contributed by atoms with Gasteiger partial charge in [-0.05, 0) is 56.6 Å². The average Bonchev–Trinajstić information content (AvgIpc) is 2.88. The van der Waals surface area contributed by atoms with Gasteiger partial charge in [-0.25, -0.2) is 0 Å². The maximum atomic E-state index is 4.82. The van der Waals surface area contributed by atoms with E-state index in [0.29, 0.717) is 12.1 Å². The average molecular weight is 275 g/mol. The molecule has 0 spiro atoms. The van der Waals surface area contributed by atoms with Crippen LogP contribution in [0.25, 0.3) is 0 Å². The van der Waals surface area contributed by atoms with Crippen molar-refractivity contribution in [3.8, 4) is 0 Å². The first kappa shape index (κ1) is 14.1. The van der Waals surface area contributed by atoms with E-state index in [2.05, 4.69) is 43.2 Å². The van der Waals surface area contributed by atoms with Crippen molar-refractivity contribution in [3.05, 3.63) is 18.0 Å². The molecule has 0 radical (unpaired) electrons. The Hall–Kier alpha value is -0.830. The van der Waals surface area contributed by atoms with Crippen molar-refractivity contribution in [2.24, 2.45) is 17.8 Å². The predicted octanol–water partition coefficient (Wildman–Crippen LogP) is 3.42. The second kappa shape index (κ2) is 5.88. The van der Waals surface area contributed by atoms with E-state index in [4.69, 9.17) is 5.10 Å². The minimum atomic E-state index is 0.567. The molecule has 0 aromatic carbocycles. The molecule has 3 rings (SSSR count). The molecule has 2 aliphatic carbocycles. The number of rotatable bonds is 7. The van der Waals surface area contributed by atoms with Crippen LogP contribution in [0.15, 0.2) is 12.3 Å². The van der Waals surface area contributed by atoms with Gasteiger partial charge in [0, 0.05) is 18.7 Å². The van der Waals surface area contributed by atoms with E-state index in [-0.39, 0.29) is 0 Å². The molecule has 2 fully saturated rings. The van der Waals surface area contributed by atoms with Crippen molar-refractivity contribution in [3.63, 3.8) is 0 Å². The van der Waals surface area contributed by atoms with Crippen LogP contribution in [0.3, 0.4) is 0 Å². The first-order valence-corrected chi connectivity index (χ1v) is 8.49. The Kier molecular flexibility index (Phi) is 4.16. The molecule has 1 N–H and O–H groups in total. The van der Waals surface area contributed by atoms with Crippen LogP contribution in [0.5, 0.6) is 0 Å². The molecule has 0 saturated heterocycles. The maximum absolute atomic E-state index is 4.82. The van der Waals surface area contributed by atoms with Crippen molar-refractivity contribution in [1.82, 2.24) is 15.1 Å². The molecular weight excluding hydrogens is 246 g/mol. The highest BCUT2D eigenvalue weighted by Crippen LogP contribution is 2.59. The Morgan fingerprint density at radius 3 is 2.60 bits per heavy atom. The first-order chi connectivity index (χ1) is 9.78. The van der Waals surface area contributed by atoms with Crippen molar-refractivity contribution in [2.45, 2.75) is 64.5 Å². The molecule has 1 aromatic rings. The number of likely N-dealkylation sites (N-methyl/N-ethyl adjacent to an activating group) is 1. The van der Waals surface area contributed by atoms with Gasteiger partial charge in [0.15, 0.2) is 0 Å². The van der Waals surface area contributed by atoms with Crippen molar-refractivity contribution >= 4 is 0 Å². The van der Waals surface area contributed by atoms with E-state index < -0.39 is 0 Å². The van der Waals surface area contributed by atoms with Crippen LogP contribution in [-0.2, 0) is 6.42 Å². The number of fused-ring (bicyclic) bond motifs is 1. The van der Waals surface area contributed by atoms with Crippen molar-refractivity contribution in [1.29, 1.82) is 0 Å². The molecular formula is C17H29N3. The molecule has 0 bridgehead atoms. The quantitative estimate of drug-likeness (QED) is 0.826. The van der Waals surface area contributed by atoms with Gasteiger partial charge in [-0.15, -0.1) is 0 Å². The molecule has 20 heavy (non-hydrogen) atoms. The third-order valence-corrected chi connectivity index (χ3v) is 5.72. The van der Waals surface area contributed by atoms with Crippen LogP contribution in [0, 0.1) is 17.8 Å². The molecule has 2 aliphatic rings. The fraction of sp³-hybridized carbons (Fsp3) is 0.824. The summed E-state index contributed by atoms with van der Waals surface area (Å²) in [5.41, 5.74) is 1.27. The summed E-state index contributed by atoms with van der Waals surface area (Å²) in [5.74, 6) is 2.97. The lowest BCUT2D eigenvalue weighted by Crippen LogP contribution is -2.31. The first-order valence-electron chi connectivity index (χ1n) is 8.49. The SMILES string of the molecule is CCC(CC)n1ccc(CC(NC)C2C3CCCC32)n1. The lowest BCUT2D eigenvalue weighted by molar-refractivity contribution is 0.407. The predicted molar refractivity (Wildman–Crippen MR) is 82.7 cm³/mol. The Balaban J connectivity index is 1.62. The summed E-state index contributed by atoms with van der Waals surface area (Å²) in [6, 6.07) is 3.42. The van der Waals surface area contributed by atoms with E-state index in [0.717, 1.165) is 24.2 Å². The van der Waals surface area contributed by atoms with Gasteiger partial charge in [-0.2, -0.15) is 5.10 Å². The summed E-state index contributed by atoms with van der Waals surface area (Å²) in [6.07, 6.45) is 10.0. The van der Waals surface area contributed by atoms with Crippen molar-refractivity contribution < 1.29 is 0 Å². The maximum Gasteiger partial charge on any atom is 0.0640 e. The second-order valence-electron chi connectivity index (χ2n) is 6.69. The summed E-state index contributed by atoms with van der Waals surface area (Å²) >= 11 is 0. The number of aromatic nitrogens is 2. The van der Waals surface area contributed by atoms with Crippen LogP contribution in [0.2, 0.25) is 0 Å². The van der Waals surface area contributed by atoms with Gasteiger partial charge in [-0.1, -0.05) is 20.3 Å². The Labute approximate surface area is 123 Å². The van der Waals surface area contributed by atoms with E-state index >= 15 is 0 Å². The highest BCUT2D eigenvalue weighted by atomic mass is 15.3. The van der Waals surface area contributed by atoms with Gasteiger partial charge in [0.1, 0.15) is 0 Å². The summed E-state index contributed by atoms with van der Waals surface area (Å²) in [4.78, 5) is 0. The van der Waals surface area contributed by atoms with E-state index in [1.54, 1.807) is 0 Å². The Bertz CT molecular complexity index is 425. The number of nitrogens with one attached hydrogen (secondary N) is 1. The van der Waals surface area contributed by atoms with Crippen LogP contribution >= 0.6 is 0 Å². The lowest BCUT2D eigenvalue weighted by atomic mass is 10.00. The Morgan fingerprint density at radius 1 is 1.30 bits per heavy atom. The van der Waals surface area contributed by atoms with E-state index in [1.165, 1.54) is 37.8 Å². The van der Waals surface area contributed by atoms with Crippen LogP contribution in [-0.4, -0.2) is 22.9 Å². The molecule has 112 valence electrons. The van der Waals surface area contributed by atoms with Crippen LogP contribution < -0.4 is 5.32 Å². The van der Waals surface area contributed by atoms with E-state index in [9.17, 15) is 0 Å². The van der Waals surface area contributed by atoms with Crippen LogP contribution in [0.4, 0.5) is 0 Å². The normalized spacial score (nSPS) is 29.7. The van der Waals surface area contributed by atoms with Gasteiger partial charge in [0.2, 0.25) is 0 Å². The molecule has 1 aromatic heterocycles. The zero-order valence-electron chi connectivity index (χ0n) is 13.2. The third kappa shape index (κ3) is 2.52. The van der Waals surface area contributed by atoms with Gasteiger partial charge in [0.25, 0.3) is 0 Å². The highest BCUT2D eigenvalue weighted by Gasteiger charge is 2.55. The van der Waals surface area contributed by atoms with E-state index in [1.807, 2.05) is 0 Å². The monoisotopic (exact) mass is 275 g/mol. The summed E-state index contributed by atoms with van der Waals surface area (Å²) in [6.45, 7) is 4.49. The Morgan fingerprint density at radius 2 is 2.00 bits per heavy atom. The topological polar surface area (TPSA) is 29.9 Å². The van der Waals surface area contributed by atoms with Gasteiger partial charge in [0.05, 0.1) is 11.7 Å². The molecule has 0 aliphatic heterocycles. The number of nitrogens with zero attached hydrogens (tertiary/aromatic N) is 2. The molecule has 2 saturated carbocycles. The number of hydrogen-bond acceptors (Lipinski definition) is 2. The van der Waals surface area contributed by atoms with Crippen molar-refractivity contribution in [2.75, 3.05) is 7.05 Å². The molecule has 0 amide bonds. The molecule has 3 unspecified atom stereocenters. The fourth-order valence-electron chi connectivity index (χ4n) is 4.48. The van der Waals surface area contributed by atoms with Gasteiger partial charge < -0.3 is 5.32 Å². The zero-order chi connectivity index (χ0) is 14.1. The van der Waals surface area contributed by atoms with Gasteiger partial charge in [-0.3, -0.25) is 4.68 Å². The largest absolute Gasteiger partial charge is 0.316 e. The number of hydrogen-bond donors (Lipinski definition) is 1. The minimum Gasteiger partial charge on any atom is -0.316 e. The lowest BCUT2D eigenvalue weighted by Gasteiger charge is -2.17. The smallest absolute Gasteiger partial charge is 0.0640 e. The summed E-state index contributed by atoms with van der Waals surface area (Å²) in [5, 5.41) is 8.38. The molecule has 3 atom stereocenters. The summed E-state index contributed by atoms with van der Waals surface area (Å²) in [7, 11) is 2.12. The fourth-order valence-corrected chi connectivity index (χ4v) is 4.48. The third-order valence-electron chi connectivity index (χ3n) is 5.72. The minimum absolute atomic E-state index is 0.567. The molecule has 3 heteroatoms. The second-order valence-corrected chi connectivity index (χ2v) is 6.69. The zero-order valence-corrected chi connectivity index (χ0v) is 13.2.